The second-order valence-corrected chi connectivity index (χ2v) is 4.08. The van der Waals surface area contributed by atoms with E-state index >= 15 is 0 Å². The molecule has 3 nitrogen and oxygen atoms in total. The van der Waals surface area contributed by atoms with Crippen LogP contribution in [0.4, 0.5) is 13.2 Å². The number of hydrogen-bond acceptors (Lipinski definition) is 3. The predicted molar refractivity (Wildman–Crippen MR) is 37.9 cm³/mol. The van der Waals surface area contributed by atoms with E-state index in [2.05, 4.69) is 0 Å². The fraction of sp³-hybridized carbons (Fsp3) is 0.143. The van der Waals surface area contributed by atoms with Crippen LogP contribution in [0.5, 0.6) is 0 Å². The first-order valence-electron chi connectivity index (χ1n) is 3.42. The van der Waals surface area contributed by atoms with E-state index in [9.17, 15) is 27.5 Å². The van der Waals surface area contributed by atoms with Crippen molar-refractivity contribution >= 4 is 7.60 Å². The van der Waals surface area contributed by atoms with Gasteiger partial charge in [0.05, 0.1) is 5.56 Å². The van der Waals surface area contributed by atoms with E-state index in [0.29, 0.717) is 12.1 Å². The van der Waals surface area contributed by atoms with Crippen molar-refractivity contribution in [1.29, 1.82) is 0 Å². The summed E-state index contributed by atoms with van der Waals surface area (Å²) in [6.07, 6.45) is 0. The molecule has 0 N–H and O–H groups in total. The van der Waals surface area contributed by atoms with Gasteiger partial charge in [-0.1, -0.05) is 12.1 Å². The normalized spacial score (nSPS) is 12.9. The van der Waals surface area contributed by atoms with Crippen LogP contribution in [-0.2, 0) is 10.2 Å². The van der Waals surface area contributed by atoms with Gasteiger partial charge in [0.15, 0.2) is 0 Å². The molecular formula is C7H4F3O3P-2. The fourth-order valence-electron chi connectivity index (χ4n) is 0.853. The molecule has 0 amide bonds. The maximum atomic E-state index is 12.8. The first-order chi connectivity index (χ1) is 6.27. The van der Waals surface area contributed by atoms with Crippen molar-refractivity contribution in [3.05, 3.63) is 35.6 Å². The number of alkyl halides is 2. The Morgan fingerprint density at radius 2 is 1.71 bits per heavy atom. The Balaban J connectivity index is 3.31. The summed E-state index contributed by atoms with van der Waals surface area (Å²) in [6.45, 7) is 0. The van der Waals surface area contributed by atoms with Gasteiger partial charge in [-0.05, 0) is 12.1 Å². The molecule has 0 saturated heterocycles. The average Bonchev–Trinajstić information content (AvgIpc) is 2.02. The molecule has 0 fully saturated rings. The minimum Gasteiger partial charge on any atom is -0.806 e. The van der Waals surface area contributed by atoms with Crippen molar-refractivity contribution in [1.82, 2.24) is 0 Å². The van der Waals surface area contributed by atoms with Crippen LogP contribution in [0.15, 0.2) is 24.3 Å². The quantitative estimate of drug-likeness (QED) is 0.697. The standard InChI is InChI=1S/C7H6F3O3P/c8-6-4-2-1-3-5(6)7(9,10)14(11,12)13/h1-4H,(H2,11,12,13)/p-2. The van der Waals surface area contributed by atoms with Gasteiger partial charge in [-0.15, -0.1) is 0 Å². The van der Waals surface area contributed by atoms with Gasteiger partial charge in [0, 0.05) is 7.60 Å². The molecule has 0 heterocycles. The highest BCUT2D eigenvalue weighted by Crippen LogP contribution is 2.53. The molecule has 1 rings (SSSR count). The Kier molecular flexibility index (Phi) is 2.71. The van der Waals surface area contributed by atoms with Crippen LogP contribution in [0.3, 0.4) is 0 Å². The van der Waals surface area contributed by atoms with E-state index in [-0.39, 0.29) is 0 Å². The van der Waals surface area contributed by atoms with Crippen LogP contribution in [0.2, 0.25) is 0 Å². The molecule has 1 aromatic rings. The zero-order valence-electron chi connectivity index (χ0n) is 6.62. The summed E-state index contributed by atoms with van der Waals surface area (Å²) in [4.78, 5) is 20.3. The van der Waals surface area contributed by atoms with E-state index in [4.69, 9.17) is 0 Å². The Bertz CT molecular complexity index is 388. The third-order valence-electron chi connectivity index (χ3n) is 1.54. The van der Waals surface area contributed by atoms with Crippen molar-refractivity contribution in [3.63, 3.8) is 0 Å². The molecule has 0 spiro atoms. The van der Waals surface area contributed by atoms with Gasteiger partial charge < -0.3 is 14.4 Å². The molecule has 0 bridgehead atoms. The lowest BCUT2D eigenvalue weighted by molar-refractivity contribution is -0.335. The highest BCUT2D eigenvalue weighted by atomic mass is 31.2. The summed E-state index contributed by atoms with van der Waals surface area (Å²) in [7, 11) is -6.19. The third-order valence-corrected chi connectivity index (χ3v) is 2.47. The number of halogens is 3. The van der Waals surface area contributed by atoms with Crippen molar-refractivity contribution in [2.24, 2.45) is 0 Å². The van der Waals surface area contributed by atoms with Gasteiger partial charge in [0.2, 0.25) is 0 Å². The Morgan fingerprint density at radius 3 is 2.14 bits per heavy atom. The molecule has 0 aromatic heterocycles. The van der Waals surface area contributed by atoms with Gasteiger partial charge in [0.1, 0.15) is 5.82 Å². The van der Waals surface area contributed by atoms with E-state index in [0.717, 1.165) is 12.1 Å². The molecule has 0 unspecified atom stereocenters. The number of hydrogen-bond donors (Lipinski definition) is 0. The predicted octanol–water partition coefficient (Wildman–Crippen LogP) is 0.789. The average molecular weight is 224 g/mol. The fourth-order valence-corrected chi connectivity index (χ4v) is 1.33. The van der Waals surface area contributed by atoms with Crippen LogP contribution in [-0.4, -0.2) is 0 Å². The molecule has 14 heavy (non-hydrogen) atoms. The summed E-state index contributed by atoms with van der Waals surface area (Å²) >= 11 is 0. The highest BCUT2D eigenvalue weighted by molar-refractivity contribution is 7.49. The second-order valence-electron chi connectivity index (χ2n) is 2.52. The van der Waals surface area contributed by atoms with E-state index in [1.54, 1.807) is 0 Å². The topological polar surface area (TPSA) is 63.2 Å². The molecule has 0 radical (unpaired) electrons. The summed E-state index contributed by atoms with van der Waals surface area (Å²) in [5, 5.41) is 0. The Morgan fingerprint density at radius 1 is 1.21 bits per heavy atom. The first kappa shape index (κ1) is 11.2. The lowest BCUT2D eigenvalue weighted by Gasteiger charge is -2.37. The van der Waals surface area contributed by atoms with Crippen molar-refractivity contribution in [2.75, 3.05) is 0 Å². The van der Waals surface area contributed by atoms with Gasteiger partial charge in [-0.2, -0.15) is 8.78 Å². The third kappa shape index (κ3) is 1.82. The Hall–Kier alpha value is -0.840. The molecule has 7 heteroatoms. The lowest BCUT2D eigenvalue weighted by atomic mass is 10.2. The summed E-state index contributed by atoms with van der Waals surface area (Å²) in [6, 6.07) is 3.33. The summed E-state index contributed by atoms with van der Waals surface area (Å²) in [5.41, 5.74) is -6.13. The van der Waals surface area contributed by atoms with Crippen LogP contribution >= 0.6 is 7.60 Å². The van der Waals surface area contributed by atoms with Crippen LogP contribution in [0.1, 0.15) is 5.56 Å². The summed E-state index contributed by atoms with van der Waals surface area (Å²) < 4.78 is 48.5. The SMILES string of the molecule is O=P([O-])([O-])C(F)(F)c1ccccc1F. The second kappa shape index (κ2) is 3.38. The molecule has 0 aliphatic carbocycles. The lowest BCUT2D eigenvalue weighted by Crippen LogP contribution is -2.30. The molecule has 1 aromatic carbocycles. The van der Waals surface area contributed by atoms with Crippen LogP contribution in [0, 0.1) is 5.82 Å². The zero-order chi connectivity index (χ0) is 11.0. The maximum absolute atomic E-state index is 12.8. The van der Waals surface area contributed by atoms with E-state index in [1.807, 2.05) is 0 Å². The minimum atomic E-state index is -6.19. The largest absolute Gasteiger partial charge is 0.806 e. The molecule has 0 saturated carbocycles. The molecule has 0 aliphatic heterocycles. The molecular weight excluding hydrogens is 220 g/mol. The first-order valence-corrected chi connectivity index (χ1v) is 4.96. The van der Waals surface area contributed by atoms with Crippen LogP contribution in [0.25, 0.3) is 0 Å². The number of benzene rings is 1. The molecule has 0 aliphatic rings. The van der Waals surface area contributed by atoms with E-state index in [1.165, 1.54) is 0 Å². The van der Waals surface area contributed by atoms with Gasteiger partial charge in [-0.25, -0.2) is 4.39 Å². The van der Waals surface area contributed by atoms with Gasteiger partial charge in [0.25, 0.3) is 5.66 Å². The minimum absolute atomic E-state index is 0.553. The van der Waals surface area contributed by atoms with Crippen LogP contribution < -0.4 is 9.79 Å². The van der Waals surface area contributed by atoms with E-state index < -0.39 is 24.6 Å². The van der Waals surface area contributed by atoms with Crippen molar-refractivity contribution < 1.29 is 27.5 Å². The maximum Gasteiger partial charge on any atom is 0.299 e. The van der Waals surface area contributed by atoms with Gasteiger partial charge in [-0.3, -0.25) is 0 Å². The Labute approximate surface area is 77.3 Å². The smallest absolute Gasteiger partial charge is 0.299 e. The zero-order valence-corrected chi connectivity index (χ0v) is 7.51. The van der Waals surface area contributed by atoms with Gasteiger partial charge >= 0.3 is 0 Å². The van der Waals surface area contributed by atoms with Crippen molar-refractivity contribution in [3.8, 4) is 0 Å². The highest BCUT2D eigenvalue weighted by Gasteiger charge is 2.38. The molecule has 78 valence electrons. The monoisotopic (exact) mass is 224 g/mol. The van der Waals surface area contributed by atoms with Crippen molar-refractivity contribution in [2.45, 2.75) is 5.66 Å². The molecule has 0 atom stereocenters. The summed E-state index contributed by atoms with van der Waals surface area (Å²) in [5.74, 6) is -1.43. The number of rotatable bonds is 2.